The van der Waals surface area contributed by atoms with Gasteiger partial charge in [-0.15, -0.1) is 0 Å². The smallest absolute Gasteiger partial charge is 0.229 e. The molecule has 1 fully saturated rings. The lowest BCUT2D eigenvalue weighted by atomic mass is 9.91. The van der Waals surface area contributed by atoms with Gasteiger partial charge in [-0.3, -0.25) is 9.59 Å². The van der Waals surface area contributed by atoms with Crippen LogP contribution < -0.4 is 5.32 Å². The van der Waals surface area contributed by atoms with Crippen LogP contribution in [-0.4, -0.2) is 34.4 Å². The molecule has 27 heavy (non-hydrogen) atoms. The van der Waals surface area contributed by atoms with Gasteiger partial charge in [0.2, 0.25) is 11.8 Å². The molecule has 5 nitrogen and oxygen atoms in total. The van der Waals surface area contributed by atoms with E-state index in [4.69, 9.17) is 11.6 Å². The molecular formula is C21H26ClN3O2. The number of hydrogen-bond acceptors (Lipinski definition) is 2. The third kappa shape index (κ3) is 4.53. The summed E-state index contributed by atoms with van der Waals surface area (Å²) in [7, 11) is 0. The number of amides is 2. The Morgan fingerprint density at radius 1 is 1.19 bits per heavy atom. The first kappa shape index (κ1) is 19.5. The number of likely N-dealkylation sites (tertiary alicyclic amines) is 1. The van der Waals surface area contributed by atoms with E-state index < -0.39 is 5.41 Å². The van der Waals surface area contributed by atoms with Gasteiger partial charge in [0.1, 0.15) is 0 Å². The van der Waals surface area contributed by atoms with Gasteiger partial charge in [0.15, 0.2) is 0 Å². The minimum atomic E-state index is -0.434. The Bertz CT molecular complexity index is 824. The summed E-state index contributed by atoms with van der Waals surface area (Å²) in [6, 6.07) is 9.25. The zero-order valence-corrected chi connectivity index (χ0v) is 16.8. The van der Waals surface area contributed by atoms with Crippen molar-refractivity contribution < 1.29 is 9.59 Å². The molecule has 1 saturated heterocycles. The number of piperidine rings is 1. The number of anilines is 1. The molecular weight excluding hydrogens is 362 g/mol. The van der Waals surface area contributed by atoms with Crippen molar-refractivity contribution in [2.24, 2.45) is 11.3 Å². The van der Waals surface area contributed by atoms with E-state index in [-0.39, 0.29) is 17.7 Å². The highest BCUT2D eigenvalue weighted by molar-refractivity contribution is 6.31. The Morgan fingerprint density at radius 3 is 2.56 bits per heavy atom. The van der Waals surface area contributed by atoms with Gasteiger partial charge >= 0.3 is 0 Å². The Morgan fingerprint density at radius 2 is 1.89 bits per heavy atom. The van der Waals surface area contributed by atoms with E-state index in [1.54, 1.807) is 6.07 Å². The zero-order chi connectivity index (χ0) is 19.6. The lowest BCUT2D eigenvalue weighted by Crippen LogP contribution is -2.47. The predicted molar refractivity (Wildman–Crippen MR) is 108 cm³/mol. The third-order valence-electron chi connectivity index (χ3n) is 4.82. The maximum atomic E-state index is 12.9. The predicted octanol–water partition coefficient (Wildman–Crippen LogP) is 4.35. The summed E-state index contributed by atoms with van der Waals surface area (Å²) >= 11 is 6.15. The SMILES string of the molecule is CC(C)(C)C(=O)N1CCCC(C(=O)Nc2ccc(Cl)cc2-n2cccc2)C1. The molecule has 1 aliphatic heterocycles. The molecule has 1 N–H and O–H groups in total. The van der Waals surface area contributed by atoms with Gasteiger partial charge in [0, 0.05) is 35.9 Å². The van der Waals surface area contributed by atoms with Crippen LogP contribution in [0.4, 0.5) is 5.69 Å². The summed E-state index contributed by atoms with van der Waals surface area (Å²) in [5, 5.41) is 3.65. The number of benzene rings is 1. The fourth-order valence-electron chi connectivity index (χ4n) is 3.40. The minimum Gasteiger partial charge on any atom is -0.341 e. The van der Waals surface area contributed by atoms with E-state index in [0.29, 0.717) is 17.3 Å². The number of carbonyl (C=O) groups is 2. The van der Waals surface area contributed by atoms with E-state index in [2.05, 4.69) is 5.32 Å². The van der Waals surface area contributed by atoms with Crippen molar-refractivity contribution in [3.8, 4) is 5.69 Å². The summed E-state index contributed by atoms with van der Waals surface area (Å²) in [5.41, 5.74) is 1.09. The molecule has 0 radical (unpaired) electrons. The Kier molecular flexibility index (Phi) is 5.61. The highest BCUT2D eigenvalue weighted by Gasteiger charge is 2.33. The van der Waals surface area contributed by atoms with E-state index >= 15 is 0 Å². The number of nitrogens with one attached hydrogen (secondary N) is 1. The summed E-state index contributed by atoms with van der Waals surface area (Å²) < 4.78 is 1.91. The third-order valence-corrected chi connectivity index (χ3v) is 5.06. The quantitative estimate of drug-likeness (QED) is 0.850. The summed E-state index contributed by atoms with van der Waals surface area (Å²) in [4.78, 5) is 27.3. The number of hydrogen-bond donors (Lipinski definition) is 1. The van der Waals surface area contributed by atoms with Gasteiger partial charge < -0.3 is 14.8 Å². The van der Waals surface area contributed by atoms with Crippen molar-refractivity contribution in [1.82, 2.24) is 9.47 Å². The highest BCUT2D eigenvalue weighted by Crippen LogP contribution is 2.27. The molecule has 1 aromatic heterocycles. The molecule has 1 aromatic carbocycles. The van der Waals surface area contributed by atoms with Crippen molar-refractivity contribution in [3.05, 3.63) is 47.7 Å². The number of halogens is 1. The van der Waals surface area contributed by atoms with Crippen molar-refractivity contribution >= 4 is 29.1 Å². The second-order valence-corrected chi connectivity index (χ2v) is 8.52. The van der Waals surface area contributed by atoms with Crippen molar-refractivity contribution in [3.63, 3.8) is 0 Å². The zero-order valence-electron chi connectivity index (χ0n) is 16.0. The Labute approximate surface area is 165 Å². The maximum absolute atomic E-state index is 12.9. The summed E-state index contributed by atoms with van der Waals surface area (Å²) in [6.07, 6.45) is 5.44. The molecule has 0 bridgehead atoms. The molecule has 144 valence electrons. The molecule has 1 atom stereocenters. The van der Waals surface area contributed by atoms with Crippen LogP contribution in [0.15, 0.2) is 42.7 Å². The standard InChI is InChI=1S/C21H26ClN3O2/c1-21(2,3)20(27)25-12-6-7-15(14-25)19(26)23-17-9-8-16(22)13-18(17)24-10-4-5-11-24/h4-5,8-11,13,15H,6-7,12,14H2,1-3H3,(H,23,26). The van der Waals surface area contributed by atoms with Gasteiger partial charge in [-0.1, -0.05) is 32.4 Å². The van der Waals surface area contributed by atoms with E-state index in [1.165, 1.54) is 0 Å². The number of rotatable bonds is 3. The molecule has 2 heterocycles. The normalized spacial score (nSPS) is 17.6. The maximum Gasteiger partial charge on any atom is 0.229 e. The van der Waals surface area contributed by atoms with Crippen LogP contribution >= 0.6 is 11.6 Å². The van der Waals surface area contributed by atoms with Gasteiger partial charge in [-0.2, -0.15) is 0 Å². The molecule has 6 heteroatoms. The van der Waals surface area contributed by atoms with Gasteiger partial charge in [0.05, 0.1) is 17.3 Å². The van der Waals surface area contributed by atoms with E-state index in [0.717, 1.165) is 25.1 Å². The van der Waals surface area contributed by atoms with E-state index in [1.807, 2.05) is 66.9 Å². The largest absolute Gasteiger partial charge is 0.341 e. The molecule has 2 amide bonds. The average Bonchev–Trinajstić information content (AvgIpc) is 3.16. The van der Waals surface area contributed by atoms with Crippen LogP contribution in [0.1, 0.15) is 33.6 Å². The van der Waals surface area contributed by atoms with Crippen LogP contribution in [0.25, 0.3) is 5.69 Å². The number of carbonyl (C=O) groups excluding carboxylic acids is 2. The summed E-state index contributed by atoms with van der Waals surface area (Å²) in [6.45, 7) is 6.92. The topological polar surface area (TPSA) is 54.3 Å². The fourth-order valence-corrected chi connectivity index (χ4v) is 3.57. The van der Waals surface area contributed by atoms with Crippen molar-refractivity contribution in [2.45, 2.75) is 33.6 Å². The highest BCUT2D eigenvalue weighted by atomic mass is 35.5. The average molecular weight is 388 g/mol. The van der Waals surface area contributed by atoms with E-state index in [9.17, 15) is 9.59 Å². The number of nitrogens with zero attached hydrogens (tertiary/aromatic N) is 2. The van der Waals surface area contributed by atoms with Gasteiger partial charge in [-0.25, -0.2) is 0 Å². The second-order valence-electron chi connectivity index (χ2n) is 8.08. The second kappa shape index (κ2) is 7.77. The molecule has 3 rings (SSSR count). The van der Waals surface area contributed by atoms with Crippen LogP contribution in [0.3, 0.4) is 0 Å². The summed E-state index contributed by atoms with van der Waals surface area (Å²) in [5.74, 6) is -0.171. The Hall–Kier alpha value is -2.27. The lowest BCUT2D eigenvalue weighted by molar-refractivity contribution is -0.142. The first-order chi connectivity index (χ1) is 12.8. The lowest BCUT2D eigenvalue weighted by Gasteiger charge is -2.36. The monoisotopic (exact) mass is 387 g/mol. The molecule has 2 aromatic rings. The van der Waals surface area contributed by atoms with Crippen LogP contribution in [0, 0.1) is 11.3 Å². The Balaban J connectivity index is 1.75. The van der Waals surface area contributed by atoms with Crippen molar-refractivity contribution in [1.29, 1.82) is 0 Å². The molecule has 1 aliphatic rings. The molecule has 0 saturated carbocycles. The fraction of sp³-hybridized carbons (Fsp3) is 0.429. The molecule has 0 aliphatic carbocycles. The molecule has 0 spiro atoms. The number of aromatic nitrogens is 1. The van der Waals surface area contributed by atoms with Crippen LogP contribution in [0.2, 0.25) is 5.02 Å². The van der Waals surface area contributed by atoms with Gasteiger partial charge in [-0.05, 0) is 43.2 Å². The minimum absolute atomic E-state index is 0.0582. The van der Waals surface area contributed by atoms with Crippen LogP contribution in [0.5, 0.6) is 0 Å². The first-order valence-electron chi connectivity index (χ1n) is 9.29. The van der Waals surface area contributed by atoms with Crippen molar-refractivity contribution in [2.75, 3.05) is 18.4 Å². The molecule has 1 unspecified atom stereocenters. The van der Waals surface area contributed by atoms with Crippen LogP contribution in [-0.2, 0) is 9.59 Å². The first-order valence-corrected chi connectivity index (χ1v) is 9.66. The van der Waals surface area contributed by atoms with Gasteiger partial charge in [0.25, 0.3) is 0 Å².